The highest BCUT2D eigenvalue weighted by Gasteiger charge is 2.36. The summed E-state index contributed by atoms with van der Waals surface area (Å²) in [6.45, 7) is -1.30. The van der Waals surface area contributed by atoms with Crippen molar-refractivity contribution in [3.63, 3.8) is 0 Å². The number of hydrogen-bond acceptors (Lipinski definition) is 14. The first-order valence-corrected chi connectivity index (χ1v) is 10.9. The molecule has 36 heavy (non-hydrogen) atoms. The highest BCUT2D eigenvalue weighted by Crippen LogP contribution is 2.17. The number of amidine groups is 4. The van der Waals surface area contributed by atoms with Gasteiger partial charge in [0.25, 0.3) is 0 Å². The maximum absolute atomic E-state index is 11.1. The summed E-state index contributed by atoms with van der Waals surface area (Å²) in [5, 5.41) is 85.5. The molecule has 0 aliphatic heterocycles. The van der Waals surface area contributed by atoms with Crippen molar-refractivity contribution < 1.29 is 50.0 Å². The molecular formula is C18H38N8O10. The lowest BCUT2D eigenvalue weighted by Gasteiger charge is -2.34. The Labute approximate surface area is 207 Å². The number of nitrogens with one attached hydrogen (secondary N) is 8. The van der Waals surface area contributed by atoms with E-state index >= 15 is 0 Å². The summed E-state index contributed by atoms with van der Waals surface area (Å²) in [7, 11) is 0. The van der Waals surface area contributed by atoms with Crippen molar-refractivity contribution in [2.45, 2.75) is 50.1 Å². The van der Waals surface area contributed by atoms with Crippen molar-refractivity contribution in [2.75, 3.05) is 39.6 Å². The minimum absolute atomic E-state index is 0.0198. The summed E-state index contributed by atoms with van der Waals surface area (Å²) in [6, 6.07) is 0. The van der Waals surface area contributed by atoms with E-state index in [-0.39, 0.29) is 82.1 Å². The van der Waals surface area contributed by atoms with Crippen molar-refractivity contribution in [1.82, 2.24) is 21.9 Å². The molecule has 0 bridgehead atoms. The maximum atomic E-state index is 11.1. The van der Waals surface area contributed by atoms with Crippen LogP contribution in [-0.4, -0.2) is 118 Å². The average Bonchev–Trinajstić information content (AvgIpc) is 2.89. The van der Waals surface area contributed by atoms with Crippen molar-refractivity contribution in [3.05, 3.63) is 0 Å². The average molecular weight is 527 g/mol. The lowest BCUT2D eigenvalue weighted by Crippen LogP contribution is -2.51. The highest BCUT2D eigenvalue weighted by molar-refractivity contribution is 5.78. The van der Waals surface area contributed by atoms with Gasteiger partial charge in [-0.25, -0.2) is 0 Å². The van der Waals surface area contributed by atoms with Crippen LogP contribution in [0.1, 0.15) is 25.7 Å². The predicted octanol–water partition coefficient (Wildman–Crippen LogP) is -2.10. The van der Waals surface area contributed by atoms with Crippen molar-refractivity contribution >= 4 is 23.3 Å². The summed E-state index contributed by atoms with van der Waals surface area (Å²) >= 11 is 0. The summed E-state index contributed by atoms with van der Waals surface area (Å²) in [5.41, 5.74) is 6.63. The van der Waals surface area contributed by atoms with E-state index in [9.17, 15) is 10.2 Å². The molecule has 0 aromatic heterocycles. The molecule has 18 nitrogen and oxygen atoms in total. The van der Waals surface area contributed by atoms with Crippen LogP contribution in [0, 0.1) is 21.6 Å². The third-order valence-corrected chi connectivity index (χ3v) is 4.61. The Morgan fingerprint density at radius 2 is 1.00 bits per heavy atom. The SMILES string of the molecule is N=C(CCOCC(OCCC(=N)NO)C(O)C(OCCC(=N)NO)C(CO)OCCC(=N)NO)NO. The van der Waals surface area contributed by atoms with Gasteiger partial charge in [0.15, 0.2) is 0 Å². The molecule has 0 aliphatic carbocycles. The molecular weight excluding hydrogens is 488 g/mol. The standard InChI is InChI=1S/C18H38N8O10/c19-13(23-29)1-5-33-10-12(35-7-3-15(21)25-31)17(28)18(36-8-4-16(22)26-32)11(9-27)34-6-2-14(20)24-30/h11-12,17-18,27-32H,1-10H2,(H2,19,23)(H2,20,24)(H2,21,25)(H2,22,26). The normalized spacial score (nSPS) is 14.3. The zero-order chi connectivity index (χ0) is 27.3. The molecule has 4 unspecified atom stereocenters. The van der Waals surface area contributed by atoms with Crippen LogP contribution in [0.4, 0.5) is 0 Å². The first-order valence-electron chi connectivity index (χ1n) is 10.9. The van der Waals surface area contributed by atoms with Gasteiger partial charge in [-0.15, -0.1) is 0 Å². The topological polar surface area (TPSA) is 302 Å². The molecule has 0 heterocycles. The summed E-state index contributed by atoms with van der Waals surface area (Å²) in [6.07, 6.45) is -5.13. The Morgan fingerprint density at radius 3 is 1.42 bits per heavy atom. The van der Waals surface area contributed by atoms with Crippen LogP contribution in [0.2, 0.25) is 0 Å². The number of aliphatic hydroxyl groups excluding tert-OH is 2. The molecule has 0 aromatic rings. The number of rotatable bonds is 21. The zero-order valence-electron chi connectivity index (χ0n) is 19.7. The fourth-order valence-electron chi connectivity index (χ4n) is 2.65. The van der Waals surface area contributed by atoms with E-state index < -0.39 is 31.0 Å². The molecule has 0 spiro atoms. The lowest BCUT2D eigenvalue weighted by molar-refractivity contribution is -0.175. The minimum atomic E-state index is -1.50. The largest absolute Gasteiger partial charge is 0.394 e. The van der Waals surface area contributed by atoms with Gasteiger partial charge in [0, 0.05) is 25.7 Å². The van der Waals surface area contributed by atoms with Crippen molar-refractivity contribution in [2.24, 2.45) is 0 Å². The third kappa shape index (κ3) is 14.8. The molecule has 4 atom stereocenters. The number of aliphatic hydroxyl groups is 2. The molecule has 0 amide bonds. The molecule has 0 aromatic carbocycles. The first kappa shape index (κ1) is 33.5. The van der Waals surface area contributed by atoms with Gasteiger partial charge in [-0.05, 0) is 0 Å². The fourth-order valence-corrected chi connectivity index (χ4v) is 2.65. The molecule has 0 fully saturated rings. The molecule has 18 heteroatoms. The van der Waals surface area contributed by atoms with Gasteiger partial charge in [0.05, 0.1) is 39.6 Å². The second-order valence-corrected chi connectivity index (χ2v) is 7.26. The van der Waals surface area contributed by atoms with E-state index in [1.54, 1.807) is 21.9 Å². The molecule has 0 radical (unpaired) electrons. The van der Waals surface area contributed by atoms with Gasteiger partial charge in [-0.3, -0.25) is 64.4 Å². The van der Waals surface area contributed by atoms with Crippen LogP contribution in [0.3, 0.4) is 0 Å². The third-order valence-electron chi connectivity index (χ3n) is 4.61. The molecule has 0 aliphatic rings. The van der Waals surface area contributed by atoms with E-state index in [0.29, 0.717) is 0 Å². The Morgan fingerprint density at radius 1 is 0.611 bits per heavy atom. The van der Waals surface area contributed by atoms with Crippen LogP contribution < -0.4 is 21.9 Å². The Balaban J connectivity index is 5.48. The van der Waals surface area contributed by atoms with Gasteiger partial charge >= 0.3 is 0 Å². The Kier molecular flexibility index (Phi) is 19.2. The number of hydrogen-bond donors (Lipinski definition) is 14. The van der Waals surface area contributed by atoms with Gasteiger partial charge < -0.3 is 29.2 Å². The van der Waals surface area contributed by atoms with Crippen LogP contribution in [0.15, 0.2) is 0 Å². The Bertz CT molecular complexity index is 659. The number of ether oxygens (including phenoxy) is 4. The monoisotopic (exact) mass is 526 g/mol. The van der Waals surface area contributed by atoms with Gasteiger partial charge in [-0.1, -0.05) is 0 Å². The lowest BCUT2D eigenvalue weighted by atomic mass is 10.0. The van der Waals surface area contributed by atoms with Gasteiger partial charge in [0.1, 0.15) is 47.8 Å². The number of hydroxylamine groups is 4. The van der Waals surface area contributed by atoms with Crippen molar-refractivity contribution in [3.8, 4) is 0 Å². The van der Waals surface area contributed by atoms with Crippen LogP contribution >= 0.6 is 0 Å². The minimum Gasteiger partial charge on any atom is -0.394 e. The first-order chi connectivity index (χ1) is 17.2. The van der Waals surface area contributed by atoms with E-state index in [0.717, 1.165) is 0 Å². The molecule has 0 saturated carbocycles. The van der Waals surface area contributed by atoms with Crippen molar-refractivity contribution in [1.29, 1.82) is 21.6 Å². The van der Waals surface area contributed by atoms with Crippen LogP contribution in [0.5, 0.6) is 0 Å². The summed E-state index contributed by atoms with van der Waals surface area (Å²) in [5.74, 6) is -0.956. The fraction of sp³-hybridized carbons (Fsp3) is 0.778. The second kappa shape index (κ2) is 20.7. The van der Waals surface area contributed by atoms with Crippen LogP contribution in [0.25, 0.3) is 0 Å². The van der Waals surface area contributed by atoms with Crippen LogP contribution in [-0.2, 0) is 18.9 Å². The van der Waals surface area contributed by atoms with Gasteiger partial charge in [0.2, 0.25) is 0 Å². The van der Waals surface area contributed by atoms with E-state index in [4.69, 9.17) is 61.4 Å². The highest BCUT2D eigenvalue weighted by atomic mass is 16.6. The molecule has 0 saturated heterocycles. The smallest absolute Gasteiger partial charge is 0.120 e. The maximum Gasteiger partial charge on any atom is 0.120 e. The Hall–Kier alpha value is -2.52. The van der Waals surface area contributed by atoms with E-state index in [1.807, 2.05) is 0 Å². The summed E-state index contributed by atoms with van der Waals surface area (Å²) in [4.78, 5) is 0. The van der Waals surface area contributed by atoms with E-state index in [1.165, 1.54) is 0 Å². The predicted molar refractivity (Wildman–Crippen MR) is 122 cm³/mol. The molecule has 14 N–H and O–H groups in total. The molecule has 210 valence electrons. The molecule has 0 rings (SSSR count). The zero-order valence-corrected chi connectivity index (χ0v) is 19.7. The van der Waals surface area contributed by atoms with Gasteiger partial charge in [-0.2, -0.15) is 0 Å². The second-order valence-electron chi connectivity index (χ2n) is 7.26. The quantitative estimate of drug-likeness (QED) is 0.0330. The summed E-state index contributed by atoms with van der Waals surface area (Å²) < 4.78 is 22.2. The van der Waals surface area contributed by atoms with E-state index in [2.05, 4.69) is 0 Å².